The van der Waals surface area contributed by atoms with Crippen LogP contribution >= 0.6 is 11.3 Å². The number of thiophene rings is 1. The van der Waals surface area contributed by atoms with Crippen LogP contribution in [0.3, 0.4) is 0 Å². The number of nitrogens with one attached hydrogen (secondary N) is 1. The lowest BCUT2D eigenvalue weighted by atomic mass is 10.1. The van der Waals surface area contributed by atoms with Gasteiger partial charge in [0, 0.05) is 6.61 Å². The Labute approximate surface area is 140 Å². The molecular formula is C16H19NO4S2. The van der Waals surface area contributed by atoms with E-state index in [9.17, 15) is 8.42 Å². The second kappa shape index (κ2) is 7.55. The first kappa shape index (κ1) is 16.6. The van der Waals surface area contributed by atoms with Gasteiger partial charge in [-0.15, -0.1) is 11.3 Å². The minimum absolute atomic E-state index is 0.196. The highest BCUT2D eigenvalue weighted by Crippen LogP contribution is 2.20. The van der Waals surface area contributed by atoms with Crippen molar-refractivity contribution >= 4 is 21.4 Å². The van der Waals surface area contributed by atoms with E-state index in [0.717, 1.165) is 5.56 Å². The molecule has 3 rings (SSSR count). The number of benzene rings is 1. The van der Waals surface area contributed by atoms with E-state index in [1.807, 2.05) is 30.3 Å². The largest absolute Gasteiger partial charge is 0.380 e. The van der Waals surface area contributed by atoms with Crippen LogP contribution in [0.4, 0.5) is 0 Å². The van der Waals surface area contributed by atoms with Crippen molar-refractivity contribution in [1.82, 2.24) is 4.72 Å². The third-order valence-electron chi connectivity index (χ3n) is 3.67. The SMILES string of the molecule is O=S(=O)(N[C@@H]1COCC[C@@H]1OCc1ccccc1)c1cccs1. The summed E-state index contributed by atoms with van der Waals surface area (Å²) in [6, 6.07) is 12.8. The maximum atomic E-state index is 12.4. The molecule has 1 aliphatic rings. The van der Waals surface area contributed by atoms with E-state index in [1.165, 1.54) is 11.3 Å². The number of sulfonamides is 1. The molecule has 23 heavy (non-hydrogen) atoms. The Balaban J connectivity index is 1.64. The number of ether oxygens (including phenoxy) is 2. The molecule has 1 N–H and O–H groups in total. The van der Waals surface area contributed by atoms with Crippen molar-refractivity contribution in [2.45, 2.75) is 29.4 Å². The van der Waals surface area contributed by atoms with E-state index < -0.39 is 10.0 Å². The summed E-state index contributed by atoms with van der Waals surface area (Å²) in [5.74, 6) is 0. The predicted octanol–water partition coefficient (Wildman–Crippen LogP) is 2.40. The van der Waals surface area contributed by atoms with Gasteiger partial charge in [-0.1, -0.05) is 36.4 Å². The number of hydrogen-bond acceptors (Lipinski definition) is 5. The minimum atomic E-state index is -3.52. The molecule has 0 spiro atoms. The monoisotopic (exact) mass is 353 g/mol. The van der Waals surface area contributed by atoms with Crippen molar-refractivity contribution in [3.8, 4) is 0 Å². The predicted molar refractivity (Wildman–Crippen MR) is 88.9 cm³/mol. The average molecular weight is 353 g/mol. The molecule has 0 bridgehead atoms. The number of rotatable bonds is 6. The van der Waals surface area contributed by atoms with Gasteiger partial charge in [-0.05, 0) is 23.4 Å². The van der Waals surface area contributed by atoms with E-state index in [4.69, 9.17) is 9.47 Å². The van der Waals surface area contributed by atoms with Crippen molar-refractivity contribution in [1.29, 1.82) is 0 Å². The summed E-state index contributed by atoms with van der Waals surface area (Å²) in [6.07, 6.45) is 0.475. The average Bonchev–Trinajstić information content (AvgIpc) is 3.10. The van der Waals surface area contributed by atoms with Gasteiger partial charge >= 0.3 is 0 Å². The summed E-state index contributed by atoms with van der Waals surface area (Å²) in [5.41, 5.74) is 1.07. The van der Waals surface area contributed by atoms with Crippen LogP contribution in [0.2, 0.25) is 0 Å². The molecule has 5 nitrogen and oxygen atoms in total. The molecule has 1 fully saturated rings. The molecule has 7 heteroatoms. The molecule has 2 aromatic rings. The molecule has 1 aromatic heterocycles. The summed E-state index contributed by atoms with van der Waals surface area (Å²) in [6.45, 7) is 1.36. The van der Waals surface area contributed by atoms with Crippen LogP contribution in [0, 0.1) is 0 Å². The summed E-state index contributed by atoms with van der Waals surface area (Å²) in [5, 5.41) is 1.75. The van der Waals surface area contributed by atoms with E-state index in [-0.39, 0.29) is 12.1 Å². The van der Waals surface area contributed by atoms with Crippen molar-refractivity contribution in [2.24, 2.45) is 0 Å². The van der Waals surface area contributed by atoms with Crippen LogP contribution in [0.1, 0.15) is 12.0 Å². The van der Waals surface area contributed by atoms with Gasteiger partial charge in [0.25, 0.3) is 0 Å². The maximum Gasteiger partial charge on any atom is 0.250 e. The smallest absolute Gasteiger partial charge is 0.250 e. The summed E-state index contributed by atoms with van der Waals surface area (Å²) >= 11 is 1.20. The zero-order valence-electron chi connectivity index (χ0n) is 12.6. The van der Waals surface area contributed by atoms with Crippen LogP contribution in [0.15, 0.2) is 52.1 Å². The molecule has 0 radical (unpaired) electrons. The summed E-state index contributed by atoms with van der Waals surface area (Å²) in [7, 11) is -3.52. The van der Waals surface area contributed by atoms with Crippen molar-refractivity contribution in [2.75, 3.05) is 13.2 Å². The lowest BCUT2D eigenvalue weighted by Gasteiger charge is -2.31. The maximum absolute atomic E-state index is 12.4. The topological polar surface area (TPSA) is 64.6 Å². The van der Waals surface area contributed by atoms with Crippen LogP contribution < -0.4 is 4.72 Å². The molecule has 1 saturated heterocycles. The van der Waals surface area contributed by atoms with Crippen molar-refractivity contribution < 1.29 is 17.9 Å². The molecule has 2 heterocycles. The van der Waals surface area contributed by atoms with E-state index >= 15 is 0 Å². The molecule has 0 amide bonds. The highest BCUT2D eigenvalue weighted by molar-refractivity contribution is 7.91. The molecule has 2 atom stereocenters. The van der Waals surface area contributed by atoms with Crippen LogP contribution in [-0.4, -0.2) is 33.8 Å². The van der Waals surface area contributed by atoms with Crippen LogP contribution in [0.25, 0.3) is 0 Å². The van der Waals surface area contributed by atoms with E-state index in [1.54, 1.807) is 17.5 Å². The lowest BCUT2D eigenvalue weighted by molar-refractivity contribution is -0.0571. The lowest BCUT2D eigenvalue weighted by Crippen LogP contribution is -2.50. The van der Waals surface area contributed by atoms with E-state index in [2.05, 4.69) is 4.72 Å². The fraction of sp³-hybridized carbons (Fsp3) is 0.375. The van der Waals surface area contributed by atoms with Gasteiger partial charge in [-0.3, -0.25) is 0 Å². The first-order chi connectivity index (χ1) is 11.1. The van der Waals surface area contributed by atoms with Crippen molar-refractivity contribution in [3.05, 3.63) is 53.4 Å². The molecule has 0 unspecified atom stereocenters. The third kappa shape index (κ3) is 4.39. The molecular weight excluding hydrogens is 334 g/mol. The molecule has 1 aromatic carbocycles. The summed E-state index contributed by atoms with van der Waals surface area (Å²) in [4.78, 5) is 0. The first-order valence-corrected chi connectivity index (χ1v) is 9.80. The van der Waals surface area contributed by atoms with Crippen LogP contribution in [-0.2, 0) is 26.1 Å². The zero-order chi connectivity index (χ0) is 16.1. The Bertz CT molecular complexity index is 701. The quantitative estimate of drug-likeness (QED) is 0.866. The highest BCUT2D eigenvalue weighted by atomic mass is 32.2. The Kier molecular flexibility index (Phi) is 5.45. The fourth-order valence-electron chi connectivity index (χ4n) is 2.48. The summed E-state index contributed by atoms with van der Waals surface area (Å²) < 4.78 is 39.1. The Morgan fingerprint density at radius 1 is 1.22 bits per heavy atom. The first-order valence-electron chi connectivity index (χ1n) is 7.44. The van der Waals surface area contributed by atoms with Gasteiger partial charge in [0.15, 0.2) is 0 Å². The molecule has 124 valence electrons. The fourth-order valence-corrected chi connectivity index (χ4v) is 4.74. The van der Waals surface area contributed by atoms with Gasteiger partial charge in [-0.25, -0.2) is 13.1 Å². The van der Waals surface area contributed by atoms with Gasteiger partial charge in [0.1, 0.15) is 4.21 Å². The second-order valence-corrected chi connectivity index (χ2v) is 8.25. The van der Waals surface area contributed by atoms with Crippen molar-refractivity contribution in [3.63, 3.8) is 0 Å². The van der Waals surface area contributed by atoms with Gasteiger partial charge < -0.3 is 9.47 Å². The Hall–Kier alpha value is -1.25. The number of hydrogen-bond donors (Lipinski definition) is 1. The second-order valence-electron chi connectivity index (χ2n) is 5.36. The molecule has 0 saturated carbocycles. The standard InChI is InChI=1S/C16H19NO4S2/c18-23(19,16-7-4-10-22-16)17-14-12-20-9-8-15(14)21-11-13-5-2-1-3-6-13/h1-7,10,14-15,17H,8-9,11-12H2/t14-,15+/m1/s1. The van der Waals surface area contributed by atoms with E-state index in [0.29, 0.717) is 30.5 Å². The normalized spacial score (nSPS) is 22.1. The van der Waals surface area contributed by atoms with Gasteiger partial charge in [0.05, 0.1) is 25.4 Å². The van der Waals surface area contributed by atoms with Gasteiger partial charge in [-0.2, -0.15) is 0 Å². The highest BCUT2D eigenvalue weighted by Gasteiger charge is 2.31. The van der Waals surface area contributed by atoms with Crippen LogP contribution in [0.5, 0.6) is 0 Å². The molecule has 0 aliphatic carbocycles. The minimum Gasteiger partial charge on any atom is -0.380 e. The third-order valence-corrected chi connectivity index (χ3v) is 6.55. The Morgan fingerprint density at radius 3 is 2.78 bits per heavy atom. The zero-order valence-corrected chi connectivity index (χ0v) is 14.2. The Morgan fingerprint density at radius 2 is 2.04 bits per heavy atom. The molecule has 1 aliphatic heterocycles. The van der Waals surface area contributed by atoms with Gasteiger partial charge in [0.2, 0.25) is 10.0 Å².